The van der Waals surface area contributed by atoms with Crippen molar-refractivity contribution in [2.24, 2.45) is 0 Å². The van der Waals surface area contributed by atoms with E-state index in [0.717, 1.165) is 24.2 Å². The van der Waals surface area contributed by atoms with Crippen LogP contribution in [0.5, 0.6) is 0 Å². The molecule has 0 fully saturated rings. The van der Waals surface area contributed by atoms with Crippen molar-refractivity contribution in [1.29, 1.82) is 0 Å². The lowest BCUT2D eigenvalue weighted by Gasteiger charge is -2.11. The molecule has 2 aromatic carbocycles. The minimum Gasteiger partial charge on any atom is -0.381 e. The maximum Gasteiger partial charge on any atom is 0.169 e. The van der Waals surface area contributed by atoms with Crippen LogP contribution in [-0.2, 0) is 12.8 Å². The Morgan fingerprint density at radius 2 is 1.71 bits per heavy atom. The highest BCUT2D eigenvalue weighted by Crippen LogP contribution is 2.21. The Labute approximate surface area is 124 Å². The summed E-state index contributed by atoms with van der Waals surface area (Å²) in [6.45, 7) is 2.06. The minimum absolute atomic E-state index is 0.506. The van der Waals surface area contributed by atoms with E-state index >= 15 is 0 Å². The van der Waals surface area contributed by atoms with Crippen molar-refractivity contribution in [2.75, 3.05) is 5.73 Å². The van der Waals surface area contributed by atoms with Crippen LogP contribution in [0.4, 0.5) is 5.82 Å². The Morgan fingerprint density at radius 1 is 1.00 bits per heavy atom. The van der Waals surface area contributed by atoms with Gasteiger partial charge in [-0.3, -0.25) is 0 Å². The van der Waals surface area contributed by atoms with Crippen LogP contribution < -0.4 is 5.73 Å². The molecule has 0 aliphatic carbocycles. The summed E-state index contributed by atoms with van der Waals surface area (Å²) in [4.78, 5) is 0. The summed E-state index contributed by atoms with van der Waals surface area (Å²) in [7, 11) is 0. The first-order valence-electron chi connectivity index (χ1n) is 7.12. The van der Waals surface area contributed by atoms with Gasteiger partial charge in [-0.05, 0) is 30.0 Å². The fraction of sp³-hybridized carbons (Fsp3) is 0.176. The zero-order chi connectivity index (χ0) is 14.7. The monoisotopic (exact) mass is 278 g/mol. The largest absolute Gasteiger partial charge is 0.381 e. The molecule has 0 saturated carbocycles. The zero-order valence-electron chi connectivity index (χ0n) is 12.0. The molecule has 4 heteroatoms. The molecule has 0 unspecified atom stereocenters. The molecule has 3 aromatic rings. The van der Waals surface area contributed by atoms with Gasteiger partial charge in [-0.15, -0.1) is 5.10 Å². The number of rotatable bonds is 4. The molecule has 0 aliphatic rings. The van der Waals surface area contributed by atoms with E-state index in [0.29, 0.717) is 5.82 Å². The Kier molecular flexibility index (Phi) is 3.69. The molecular formula is C17H18N4. The lowest BCUT2D eigenvalue weighted by atomic mass is 10.0. The van der Waals surface area contributed by atoms with Gasteiger partial charge < -0.3 is 5.73 Å². The molecule has 2 N–H and O–H groups in total. The van der Waals surface area contributed by atoms with Crippen molar-refractivity contribution in [3.63, 3.8) is 0 Å². The smallest absolute Gasteiger partial charge is 0.169 e. The molecule has 21 heavy (non-hydrogen) atoms. The average Bonchev–Trinajstić information content (AvgIpc) is 2.89. The van der Waals surface area contributed by atoms with E-state index in [4.69, 9.17) is 5.73 Å². The average molecular weight is 278 g/mol. The summed E-state index contributed by atoms with van der Waals surface area (Å²) in [6.07, 6.45) is 1.67. The van der Waals surface area contributed by atoms with E-state index in [9.17, 15) is 0 Å². The third-order valence-corrected chi connectivity index (χ3v) is 3.59. The zero-order valence-corrected chi connectivity index (χ0v) is 12.0. The number of nitrogens with two attached hydrogens (primary N) is 1. The number of hydrogen-bond donors (Lipinski definition) is 1. The van der Waals surface area contributed by atoms with Gasteiger partial charge in [-0.1, -0.05) is 60.7 Å². The first-order chi connectivity index (χ1) is 10.3. The Morgan fingerprint density at radius 3 is 2.48 bits per heavy atom. The number of nitrogen functional groups attached to an aromatic ring is 1. The number of nitrogens with zero attached hydrogens (tertiary/aromatic N) is 3. The third-order valence-electron chi connectivity index (χ3n) is 3.59. The van der Waals surface area contributed by atoms with Gasteiger partial charge in [0.05, 0.1) is 11.4 Å². The van der Waals surface area contributed by atoms with Gasteiger partial charge in [-0.2, -0.15) is 0 Å². The molecule has 0 radical (unpaired) electrons. The van der Waals surface area contributed by atoms with Crippen LogP contribution in [0.15, 0.2) is 54.6 Å². The van der Waals surface area contributed by atoms with Gasteiger partial charge in [0.25, 0.3) is 0 Å². The van der Waals surface area contributed by atoms with Crippen molar-refractivity contribution < 1.29 is 0 Å². The van der Waals surface area contributed by atoms with Crippen LogP contribution in [0.3, 0.4) is 0 Å². The van der Waals surface area contributed by atoms with Gasteiger partial charge in [0.15, 0.2) is 5.82 Å². The number of para-hydroxylation sites is 1. The quantitative estimate of drug-likeness (QED) is 0.798. The fourth-order valence-electron chi connectivity index (χ4n) is 2.52. The summed E-state index contributed by atoms with van der Waals surface area (Å²) < 4.78 is 1.85. The van der Waals surface area contributed by atoms with Crippen LogP contribution in [0, 0.1) is 0 Å². The summed E-state index contributed by atoms with van der Waals surface area (Å²) in [5, 5.41) is 8.20. The highest BCUT2D eigenvalue weighted by Gasteiger charge is 2.13. The summed E-state index contributed by atoms with van der Waals surface area (Å²) in [5.74, 6) is 0.506. The predicted molar refractivity (Wildman–Crippen MR) is 84.4 cm³/mol. The highest BCUT2D eigenvalue weighted by atomic mass is 15.4. The van der Waals surface area contributed by atoms with Crippen LogP contribution >= 0.6 is 0 Å². The van der Waals surface area contributed by atoms with Gasteiger partial charge in [0.1, 0.15) is 0 Å². The molecule has 0 amide bonds. The van der Waals surface area contributed by atoms with Crippen LogP contribution in [0.25, 0.3) is 5.69 Å². The second-order valence-electron chi connectivity index (χ2n) is 4.98. The lowest BCUT2D eigenvalue weighted by molar-refractivity contribution is 0.760. The van der Waals surface area contributed by atoms with Gasteiger partial charge in [0, 0.05) is 0 Å². The molecule has 1 heterocycles. The minimum atomic E-state index is 0.506. The van der Waals surface area contributed by atoms with Crippen LogP contribution in [0.1, 0.15) is 23.7 Å². The van der Waals surface area contributed by atoms with E-state index in [1.165, 1.54) is 11.1 Å². The van der Waals surface area contributed by atoms with E-state index in [1.54, 1.807) is 0 Å². The van der Waals surface area contributed by atoms with E-state index in [-0.39, 0.29) is 0 Å². The Hall–Kier alpha value is -2.62. The molecule has 0 bridgehead atoms. The molecule has 0 spiro atoms. The van der Waals surface area contributed by atoms with Crippen molar-refractivity contribution in [3.05, 3.63) is 71.4 Å². The van der Waals surface area contributed by atoms with E-state index in [2.05, 4.69) is 53.6 Å². The normalized spacial score (nSPS) is 10.7. The van der Waals surface area contributed by atoms with Crippen molar-refractivity contribution in [1.82, 2.24) is 15.0 Å². The lowest BCUT2D eigenvalue weighted by Crippen LogP contribution is -2.06. The highest BCUT2D eigenvalue weighted by molar-refractivity contribution is 5.47. The van der Waals surface area contributed by atoms with Gasteiger partial charge in [-0.25, -0.2) is 4.68 Å². The molecular weight excluding hydrogens is 260 g/mol. The second kappa shape index (κ2) is 5.79. The second-order valence-corrected chi connectivity index (χ2v) is 4.98. The molecule has 0 atom stereocenters. The number of anilines is 1. The first kappa shape index (κ1) is 13.4. The van der Waals surface area contributed by atoms with Crippen molar-refractivity contribution in [2.45, 2.75) is 19.8 Å². The van der Waals surface area contributed by atoms with Gasteiger partial charge >= 0.3 is 0 Å². The topological polar surface area (TPSA) is 56.7 Å². The molecule has 0 saturated heterocycles. The standard InChI is InChI=1S/C17H18N4/c1-2-15-17(18)19-20-21(15)16-11-7-6-10-14(16)12-13-8-4-3-5-9-13/h3-11H,2,12,18H2,1H3. The first-order valence-corrected chi connectivity index (χ1v) is 7.12. The summed E-state index contributed by atoms with van der Waals surface area (Å²) >= 11 is 0. The van der Waals surface area contributed by atoms with Crippen LogP contribution in [-0.4, -0.2) is 15.0 Å². The SMILES string of the molecule is CCc1c(N)nnn1-c1ccccc1Cc1ccccc1. The Balaban J connectivity index is 2.04. The molecule has 0 aliphatic heterocycles. The maximum atomic E-state index is 5.90. The Bertz CT molecular complexity index is 732. The number of hydrogen-bond acceptors (Lipinski definition) is 3. The summed E-state index contributed by atoms with van der Waals surface area (Å²) in [5.41, 5.74) is 10.4. The molecule has 3 rings (SSSR count). The molecule has 1 aromatic heterocycles. The maximum absolute atomic E-state index is 5.90. The van der Waals surface area contributed by atoms with Crippen molar-refractivity contribution >= 4 is 5.82 Å². The number of benzene rings is 2. The predicted octanol–water partition coefficient (Wildman–Crippen LogP) is 3.00. The van der Waals surface area contributed by atoms with E-state index < -0.39 is 0 Å². The van der Waals surface area contributed by atoms with Gasteiger partial charge in [0.2, 0.25) is 0 Å². The number of aromatic nitrogens is 3. The van der Waals surface area contributed by atoms with E-state index in [1.807, 2.05) is 22.9 Å². The molecule has 106 valence electrons. The molecule has 4 nitrogen and oxygen atoms in total. The van der Waals surface area contributed by atoms with Crippen LogP contribution in [0.2, 0.25) is 0 Å². The third kappa shape index (κ3) is 2.65. The fourth-order valence-corrected chi connectivity index (χ4v) is 2.52. The van der Waals surface area contributed by atoms with Crippen molar-refractivity contribution in [3.8, 4) is 5.69 Å². The summed E-state index contributed by atoms with van der Waals surface area (Å²) in [6, 6.07) is 18.7.